The number of anilines is 1. The van der Waals surface area contributed by atoms with Gasteiger partial charge in [0.25, 0.3) is 5.91 Å². The van der Waals surface area contributed by atoms with Gasteiger partial charge in [-0.25, -0.2) is 0 Å². The van der Waals surface area contributed by atoms with E-state index in [9.17, 15) is 9.59 Å². The van der Waals surface area contributed by atoms with Crippen LogP contribution in [-0.2, 0) is 4.79 Å². The van der Waals surface area contributed by atoms with Crippen LogP contribution in [0, 0.1) is 0 Å². The van der Waals surface area contributed by atoms with Crippen LogP contribution in [0.1, 0.15) is 47.6 Å². The van der Waals surface area contributed by atoms with Crippen molar-refractivity contribution < 1.29 is 9.59 Å². The van der Waals surface area contributed by atoms with E-state index in [0.717, 1.165) is 32.2 Å². The summed E-state index contributed by atoms with van der Waals surface area (Å²) in [6.45, 7) is 1.29. The predicted octanol–water partition coefficient (Wildman–Crippen LogP) is 3.35. The number of nitrogens with one attached hydrogen (secondary N) is 2. The molecule has 0 aromatic heterocycles. The van der Waals surface area contributed by atoms with Crippen molar-refractivity contribution in [1.29, 1.82) is 0 Å². The first-order valence-corrected chi connectivity index (χ1v) is 9.69. The van der Waals surface area contributed by atoms with E-state index in [1.807, 2.05) is 24.3 Å². The largest absolute Gasteiger partial charge is 0.349 e. The Labute approximate surface area is 159 Å². The fourth-order valence-electron chi connectivity index (χ4n) is 3.69. The monoisotopic (exact) mass is 363 g/mol. The number of rotatable bonds is 6. The normalized spacial score (nSPS) is 19.6. The lowest BCUT2D eigenvalue weighted by Gasteiger charge is -2.24. The summed E-state index contributed by atoms with van der Waals surface area (Å²) in [4.78, 5) is 27.0. The molecule has 1 saturated carbocycles. The first kappa shape index (κ1) is 17.7. The smallest absolute Gasteiger partial charge is 0.251 e. The molecule has 1 aliphatic carbocycles. The Hall–Kier alpha value is -2.66. The van der Waals surface area contributed by atoms with Gasteiger partial charge in [-0.2, -0.15) is 0 Å². The lowest BCUT2D eigenvalue weighted by molar-refractivity contribution is -0.117. The highest BCUT2D eigenvalue weighted by atomic mass is 16.2. The molecular weight excluding hydrogens is 338 g/mol. The highest BCUT2D eigenvalue weighted by Crippen LogP contribution is 2.31. The number of benzene rings is 2. The minimum atomic E-state index is -0.0720. The summed E-state index contributed by atoms with van der Waals surface area (Å²) in [5.74, 6) is -0.116. The molecule has 2 aromatic rings. The molecule has 2 N–H and O–H groups in total. The van der Waals surface area contributed by atoms with Gasteiger partial charge in [0.2, 0.25) is 5.91 Å². The summed E-state index contributed by atoms with van der Waals surface area (Å²) < 4.78 is 0. The molecule has 2 fully saturated rings. The number of amides is 2. The lowest BCUT2D eigenvalue weighted by Crippen LogP contribution is -2.33. The molecule has 5 nitrogen and oxygen atoms in total. The predicted molar refractivity (Wildman–Crippen MR) is 106 cm³/mol. The Morgan fingerprint density at radius 3 is 2.59 bits per heavy atom. The van der Waals surface area contributed by atoms with E-state index in [-0.39, 0.29) is 11.8 Å². The SMILES string of the molecule is O=C(CN1CCCC1c1ccccc1)Nc1cccc(C(=O)NC2CC2)c1. The van der Waals surface area contributed by atoms with Crippen LogP contribution in [0.5, 0.6) is 0 Å². The minimum absolute atomic E-state index is 0.0439. The summed E-state index contributed by atoms with van der Waals surface area (Å²) in [5.41, 5.74) is 2.52. The topological polar surface area (TPSA) is 61.4 Å². The zero-order chi connectivity index (χ0) is 18.6. The first-order valence-electron chi connectivity index (χ1n) is 9.69. The van der Waals surface area contributed by atoms with E-state index in [2.05, 4.69) is 27.7 Å². The average Bonchev–Trinajstić information content (AvgIpc) is 3.38. The fraction of sp³-hybridized carbons (Fsp3) is 0.364. The minimum Gasteiger partial charge on any atom is -0.349 e. The van der Waals surface area contributed by atoms with Crippen molar-refractivity contribution in [3.63, 3.8) is 0 Å². The van der Waals surface area contributed by atoms with Gasteiger partial charge < -0.3 is 10.6 Å². The van der Waals surface area contributed by atoms with Crippen molar-refractivity contribution in [3.8, 4) is 0 Å². The third kappa shape index (κ3) is 4.55. The Morgan fingerprint density at radius 1 is 1.00 bits per heavy atom. The second-order valence-corrected chi connectivity index (χ2v) is 7.42. The maximum absolute atomic E-state index is 12.6. The van der Waals surface area contributed by atoms with Crippen LogP contribution < -0.4 is 10.6 Å². The number of carbonyl (C=O) groups is 2. The van der Waals surface area contributed by atoms with E-state index in [0.29, 0.717) is 29.9 Å². The van der Waals surface area contributed by atoms with E-state index < -0.39 is 0 Å². The summed E-state index contributed by atoms with van der Waals surface area (Å²) in [6, 6.07) is 18.1. The second kappa shape index (κ2) is 7.92. The molecule has 1 heterocycles. The molecule has 140 valence electrons. The van der Waals surface area contributed by atoms with Crippen molar-refractivity contribution in [1.82, 2.24) is 10.2 Å². The molecule has 1 atom stereocenters. The van der Waals surface area contributed by atoms with Gasteiger partial charge in [0, 0.05) is 23.3 Å². The van der Waals surface area contributed by atoms with Gasteiger partial charge >= 0.3 is 0 Å². The Bertz CT molecular complexity index is 817. The molecule has 2 aliphatic rings. The maximum atomic E-state index is 12.6. The quantitative estimate of drug-likeness (QED) is 0.827. The summed E-state index contributed by atoms with van der Waals surface area (Å²) in [6.07, 6.45) is 4.29. The van der Waals surface area contributed by atoms with Gasteiger partial charge in [-0.1, -0.05) is 36.4 Å². The van der Waals surface area contributed by atoms with Crippen molar-refractivity contribution in [2.45, 2.75) is 37.8 Å². The molecule has 4 rings (SSSR count). The van der Waals surface area contributed by atoms with Gasteiger partial charge in [-0.05, 0) is 56.0 Å². The van der Waals surface area contributed by atoms with Crippen LogP contribution in [0.15, 0.2) is 54.6 Å². The number of likely N-dealkylation sites (tertiary alicyclic amines) is 1. The summed E-state index contributed by atoms with van der Waals surface area (Å²) >= 11 is 0. The second-order valence-electron chi connectivity index (χ2n) is 7.42. The summed E-state index contributed by atoms with van der Waals surface area (Å²) in [5, 5.41) is 5.92. The molecule has 1 saturated heterocycles. The number of hydrogen-bond donors (Lipinski definition) is 2. The molecule has 27 heavy (non-hydrogen) atoms. The van der Waals surface area contributed by atoms with Gasteiger partial charge in [-0.15, -0.1) is 0 Å². The molecule has 1 unspecified atom stereocenters. The molecule has 0 radical (unpaired) electrons. The maximum Gasteiger partial charge on any atom is 0.251 e. The van der Waals surface area contributed by atoms with Crippen LogP contribution in [0.3, 0.4) is 0 Å². The van der Waals surface area contributed by atoms with Crippen LogP contribution in [0.4, 0.5) is 5.69 Å². The standard InChI is InChI=1S/C22H25N3O2/c26-21(15-25-13-5-10-20(25)16-6-2-1-3-7-16)23-19-9-4-8-17(14-19)22(27)24-18-11-12-18/h1-4,6-9,14,18,20H,5,10-13,15H2,(H,23,26)(H,24,27). The van der Waals surface area contributed by atoms with Crippen LogP contribution in [-0.4, -0.2) is 35.8 Å². The highest BCUT2D eigenvalue weighted by Gasteiger charge is 2.27. The third-order valence-corrected chi connectivity index (χ3v) is 5.22. The van der Waals surface area contributed by atoms with E-state index in [1.54, 1.807) is 18.2 Å². The van der Waals surface area contributed by atoms with Crippen molar-refractivity contribution in [2.24, 2.45) is 0 Å². The highest BCUT2D eigenvalue weighted by molar-refractivity contribution is 5.97. The lowest BCUT2D eigenvalue weighted by atomic mass is 10.0. The van der Waals surface area contributed by atoms with Crippen molar-refractivity contribution in [3.05, 3.63) is 65.7 Å². The average molecular weight is 363 g/mol. The van der Waals surface area contributed by atoms with Gasteiger partial charge in [0.15, 0.2) is 0 Å². The van der Waals surface area contributed by atoms with Gasteiger partial charge in [0.05, 0.1) is 6.54 Å². The van der Waals surface area contributed by atoms with E-state index in [1.165, 1.54) is 5.56 Å². The number of nitrogens with zero attached hydrogens (tertiary/aromatic N) is 1. The molecule has 5 heteroatoms. The first-order chi connectivity index (χ1) is 13.2. The van der Waals surface area contributed by atoms with Crippen LogP contribution in [0.25, 0.3) is 0 Å². The van der Waals surface area contributed by atoms with E-state index >= 15 is 0 Å². The zero-order valence-electron chi connectivity index (χ0n) is 15.4. The van der Waals surface area contributed by atoms with Gasteiger partial charge in [0.1, 0.15) is 0 Å². The summed E-state index contributed by atoms with van der Waals surface area (Å²) in [7, 11) is 0. The Morgan fingerprint density at radius 2 is 1.81 bits per heavy atom. The fourth-order valence-corrected chi connectivity index (χ4v) is 3.69. The molecule has 0 bridgehead atoms. The Kier molecular flexibility index (Phi) is 5.21. The van der Waals surface area contributed by atoms with Crippen LogP contribution in [0.2, 0.25) is 0 Å². The number of hydrogen-bond acceptors (Lipinski definition) is 3. The van der Waals surface area contributed by atoms with Crippen molar-refractivity contribution in [2.75, 3.05) is 18.4 Å². The number of carbonyl (C=O) groups excluding carboxylic acids is 2. The van der Waals surface area contributed by atoms with Gasteiger partial charge in [-0.3, -0.25) is 14.5 Å². The Balaban J connectivity index is 1.37. The van der Waals surface area contributed by atoms with Crippen LogP contribution >= 0.6 is 0 Å². The molecule has 2 amide bonds. The molecule has 2 aromatic carbocycles. The van der Waals surface area contributed by atoms with E-state index in [4.69, 9.17) is 0 Å². The zero-order valence-corrected chi connectivity index (χ0v) is 15.4. The molecule has 0 spiro atoms. The molecule has 1 aliphatic heterocycles. The third-order valence-electron chi connectivity index (χ3n) is 5.22. The van der Waals surface area contributed by atoms with Crippen molar-refractivity contribution >= 4 is 17.5 Å². The molecular formula is C22H25N3O2.